The van der Waals surface area contributed by atoms with Crippen LogP contribution in [0.2, 0.25) is 0 Å². The second-order valence-corrected chi connectivity index (χ2v) is 5.31. The fourth-order valence-electron chi connectivity index (χ4n) is 2.01. The van der Waals surface area contributed by atoms with Gasteiger partial charge in [0.05, 0.1) is 11.3 Å². The Labute approximate surface area is 135 Å². The van der Waals surface area contributed by atoms with Gasteiger partial charge in [0.2, 0.25) is 0 Å². The second kappa shape index (κ2) is 7.45. The molecular formula is C18H20N2O3. The van der Waals surface area contributed by atoms with Gasteiger partial charge in [0, 0.05) is 14.1 Å². The van der Waals surface area contributed by atoms with Crippen molar-refractivity contribution in [3.63, 3.8) is 0 Å². The van der Waals surface area contributed by atoms with Crippen LogP contribution in [0.1, 0.15) is 17.3 Å². The predicted molar refractivity (Wildman–Crippen MR) is 89.6 cm³/mol. The molecule has 0 unspecified atom stereocenters. The standard InChI is InChI=1S/C18H20N2O3/c1-13(23-14-9-5-4-6-10-14)17(21)19-16-12-8-7-11-15(16)18(22)20(2)3/h4-13H,1-3H3,(H,19,21)/t13-/m0/s1. The van der Waals surface area contributed by atoms with Crippen molar-refractivity contribution in [2.75, 3.05) is 19.4 Å². The molecule has 0 aliphatic heterocycles. The first kappa shape index (κ1) is 16.5. The summed E-state index contributed by atoms with van der Waals surface area (Å²) in [6.07, 6.45) is -0.681. The highest BCUT2D eigenvalue weighted by molar-refractivity contribution is 6.04. The number of benzene rings is 2. The average molecular weight is 312 g/mol. The van der Waals surface area contributed by atoms with Gasteiger partial charge in [0.1, 0.15) is 5.75 Å². The number of amides is 2. The number of rotatable bonds is 5. The van der Waals surface area contributed by atoms with E-state index in [9.17, 15) is 9.59 Å². The fourth-order valence-corrected chi connectivity index (χ4v) is 2.01. The molecule has 0 radical (unpaired) electrons. The number of anilines is 1. The summed E-state index contributed by atoms with van der Waals surface area (Å²) >= 11 is 0. The maximum absolute atomic E-state index is 12.3. The van der Waals surface area contributed by atoms with E-state index in [0.717, 1.165) is 0 Å². The molecule has 0 aliphatic rings. The van der Waals surface area contributed by atoms with Crippen molar-refractivity contribution in [1.82, 2.24) is 4.90 Å². The summed E-state index contributed by atoms with van der Waals surface area (Å²) in [5.74, 6) is 0.137. The van der Waals surface area contributed by atoms with E-state index >= 15 is 0 Å². The van der Waals surface area contributed by atoms with Crippen LogP contribution < -0.4 is 10.1 Å². The first-order chi connectivity index (χ1) is 11.0. The third-order valence-corrected chi connectivity index (χ3v) is 3.25. The maximum atomic E-state index is 12.3. The molecule has 0 saturated carbocycles. The first-order valence-corrected chi connectivity index (χ1v) is 7.32. The Hall–Kier alpha value is -2.82. The average Bonchev–Trinajstić information content (AvgIpc) is 2.55. The minimum absolute atomic E-state index is 0.169. The molecular weight excluding hydrogens is 292 g/mol. The SMILES string of the molecule is C[C@H](Oc1ccccc1)C(=O)Nc1ccccc1C(=O)N(C)C. The number of nitrogens with one attached hydrogen (secondary N) is 1. The highest BCUT2D eigenvalue weighted by atomic mass is 16.5. The zero-order valence-corrected chi connectivity index (χ0v) is 13.4. The summed E-state index contributed by atoms with van der Waals surface area (Å²) in [6.45, 7) is 1.67. The number of hydrogen-bond acceptors (Lipinski definition) is 3. The van der Waals surface area contributed by atoms with E-state index in [-0.39, 0.29) is 11.8 Å². The summed E-state index contributed by atoms with van der Waals surface area (Å²) in [7, 11) is 3.34. The van der Waals surface area contributed by atoms with Gasteiger partial charge in [0.25, 0.3) is 11.8 Å². The van der Waals surface area contributed by atoms with Gasteiger partial charge in [-0.15, -0.1) is 0 Å². The third kappa shape index (κ3) is 4.32. The van der Waals surface area contributed by atoms with Crippen molar-refractivity contribution in [2.24, 2.45) is 0 Å². The van der Waals surface area contributed by atoms with E-state index in [1.165, 1.54) is 4.90 Å². The molecule has 0 spiro atoms. The molecule has 2 rings (SSSR count). The smallest absolute Gasteiger partial charge is 0.265 e. The number of carbonyl (C=O) groups excluding carboxylic acids is 2. The van der Waals surface area contributed by atoms with Gasteiger partial charge in [0.15, 0.2) is 6.10 Å². The molecule has 120 valence electrons. The molecule has 2 aromatic carbocycles. The van der Waals surface area contributed by atoms with Crippen molar-refractivity contribution < 1.29 is 14.3 Å². The number of ether oxygens (including phenoxy) is 1. The van der Waals surface area contributed by atoms with Crippen LogP contribution in [-0.4, -0.2) is 36.9 Å². The number of hydrogen-bond donors (Lipinski definition) is 1. The normalized spacial score (nSPS) is 11.4. The van der Waals surface area contributed by atoms with Crippen molar-refractivity contribution >= 4 is 17.5 Å². The molecule has 23 heavy (non-hydrogen) atoms. The lowest BCUT2D eigenvalue weighted by molar-refractivity contribution is -0.122. The lowest BCUT2D eigenvalue weighted by atomic mass is 10.1. The minimum Gasteiger partial charge on any atom is -0.481 e. The van der Waals surface area contributed by atoms with Gasteiger partial charge >= 0.3 is 0 Å². The fraction of sp³-hybridized carbons (Fsp3) is 0.222. The highest BCUT2D eigenvalue weighted by Crippen LogP contribution is 2.18. The van der Waals surface area contributed by atoms with Crippen LogP contribution in [-0.2, 0) is 4.79 Å². The number of nitrogens with zero attached hydrogens (tertiary/aromatic N) is 1. The zero-order chi connectivity index (χ0) is 16.8. The van der Waals surface area contributed by atoms with Crippen LogP contribution in [0, 0.1) is 0 Å². The van der Waals surface area contributed by atoms with E-state index < -0.39 is 6.10 Å². The van der Waals surface area contributed by atoms with Crippen LogP contribution in [0.5, 0.6) is 5.75 Å². The molecule has 0 fully saturated rings. The van der Waals surface area contributed by atoms with E-state index in [1.54, 1.807) is 57.4 Å². The molecule has 0 saturated heterocycles. The lowest BCUT2D eigenvalue weighted by Crippen LogP contribution is -2.31. The summed E-state index contributed by atoms with van der Waals surface area (Å²) in [6, 6.07) is 16.0. The van der Waals surface area contributed by atoms with E-state index in [1.807, 2.05) is 18.2 Å². The molecule has 1 N–H and O–H groups in total. The number of carbonyl (C=O) groups is 2. The number of para-hydroxylation sites is 2. The first-order valence-electron chi connectivity index (χ1n) is 7.32. The van der Waals surface area contributed by atoms with Gasteiger partial charge in [-0.25, -0.2) is 0 Å². The Bertz CT molecular complexity index is 684. The van der Waals surface area contributed by atoms with Crippen molar-refractivity contribution in [3.05, 3.63) is 60.2 Å². The van der Waals surface area contributed by atoms with Crippen LogP contribution in [0.15, 0.2) is 54.6 Å². The molecule has 5 heteroatoms. The van der Waals surface area contributed by atoms with Crippen LogP contribution >= 0.6 is 0 Å². The predicted octanol–water partition coefficient (Wildman–Crippen LogP) is 2.79. The Morgan fingerprint density at radius 1 is 1.00 bits per heavy atom. The topological polar surface area (TPSA) is 58.6 Å². The Balaban J connectivity index is 2.10. The Morgan fingerprint density at radius 3 is 2.26 bits per heavy atom. The third-order valence-electron chi connectivity index (χ3n) is 3.25. The molecule has 0 aliphatic carbocycles. The van der Waals surface area contributed by atoms with E-state index in [0.29, 0.717) is 17.0 Å². The summed E-state index contributed by atoms with van der Waals surface area (Å²) < 4.78 is 5.59. The zero-order valence-electron chi connectivity index (χ0n) is 13.4. The van der Waals surface area contributed by atoms with Gasteiger partial charge in [-0.1, -0.05) is 30.3 Å². The van der Waals surface area contributed by atoms with Crippen LogP contribution in [0.3, 0.4) is 0 Å². The second-order valence-electron chi connectivity index (χ2n) is 5.31. The molecule has 0 aromatic heterocycles. The minimum atomic E-state index is -0.681. The molecule has 5 nitrogen and oxygen atoms in total. The monoisotopic (exact) mass is 312 g/mol. The van der Waals surface area contributed by atoms with Gasteiger partial charge in [-0.05, 0) is 31.2 Å². The Morgan fingerprint density at radius 2 is 1.61 bits per heavy atom. The van der Waals surface area contributed by atoms with Crippen LogP contribution in [0.4, 0.5) is 5.69 Å². The van der Waals surface area contributed by atoms with Crippen molar-refractivity contribution in [3.8, 4) is 5.75 Å². The largest absolute Gasteiger partial charge is 0.481 e. The summed E-state index contributed by atoms with van der Waals surface area (Å²) in [5, 5.41) is 2.75. The van der Waals surface area contributed by atoms with Crippen molar-refractivity contribution in [2.45, 2.75) is 13.0 Å². The van der Waals surface area contributed by atoms with E-state index in [2.05, 4.69) is 5.32 Å². The molecule has 2 amide bonds. The van der Waals surface area contributed by atoms with Crippen molar-refractivity contribution in [1.29, 1.82) is 0 Å². The highest BCUT2D eigenvalue weighted by Gasteiger charge is 2.19. The van der Waals surface area contributed by atoms with E-state index in [4.69, 9.17) is 4.74 Å². The summed E-state index contributed by atoms with van der Waals surface area (Å²) in [4.78, 5) is 25.9. The molecule has 1 atom stereocenters. The molecule has 0 heterocycles. The lowest BCUT2D eigenvalue weighted by Gasteiger charge is -2.17. The quantitative estimate of drug-likeness (QED) is 0.923. The Kier molecular flexibility index (Phi) is 5.36. The maximum Gasteiger partial charge on any atom is 0.265 e. The van der Waals surface area contributed by atoms with Crippen LogP contribution in [0.25, 0.3) is 0 Å². The van der Waals surface area contributed by atoms with Gasteiger partial charge < -0.3 is 15.0 Å². The summed E-state index contributed by atoms with van der Waals surface area (Å²) in [5.41, 5.74) is 0.914. The van der Waals surface area contributed by atoms with Gasteiger partial charge in [-0.3, -0.25) is 9.59 Å². The molecule has 2 aromatic rings. The van der Waals surface area contributed by atoms with Gasteiger partial charge in [-0.2, -0.15) is 0 Å². The molecule has 0 bridgehead atoms.